The predicted molar refractivity (Wildman–Crippen MR) is 102 cm³/mol. The molecule has 0 atom stereocenters. The third-order valence-electron chi connectivity index (χ3n) is 3.92. The quantitative estimate of drug-likeness (QED) is 0.436. The number of nitrogens with one attached hydrogen (secondary N) is 1. The molecule has 26 heavy (non-hydrogen) atoms. The molecule has 0 aliphatic rings. The van der Waals surface area contributed by atoms with Crippen LogP contribution in [0.4, 0.5) is 0 Å². The standard InChI is InChI=1S/C19H17N5OS/c1-13-21-18-15-9-5-6-10-16(15)22-19(24(18)23-13)26-12-17(25)20-11-14-7-3-2-4-8-14/h2-10H,11-12H2,1H3,(H,20,25). The van der Waals surface area contributed by atoms with Crippen LogP contribution in [0.5, 0.6) is 0 Å². The van der Waals surface area contributed by atoms with Gasteiger partial charge in [-0.1, -0.05) is 54.2 Å². The minimum atomic E-state index is -0.0428. The number of hydrogen-bond acceptors (Lipinski definition) is 5. The van der Waals surface area contributed by atoms with Crippen molar-refractivity contribution in [3.05, 3.63) is 66.0 Å². The number of para-hydroxylation sites is 1. The van der Waals surface area contributed by atoms with Gasteiger partial charge >= 0.3 is 0 Å². The van der Waals surface area contributed by atoms with E-state index >= 15 is 0 Å². The first-order chi connectivity index (χ1) is 12.7. The van der Waals surface area contributed by atoms with Gasteiger partial charge in [-0.25, -0.2) is 9.97 Å². The number of carbonyl (C=O) groups is 1. The van der Waals surface area contributed by atoms with E-state index in [1.54, 1.807) is 4.52 Å². The van der Waals surface area contributed by atoms with Crippen LogP contribution in [-0.2, 0) is 11.3 Å². The van der Waals surface area contributed by atoms with Gasteiger partial charge in [0.2, 0.25) is 5.91 Å². The van der Waals surface area contributed by atoms with Crippen LogP contribution in [0.1, 0.15) is 11.4 Å². The minimum absolute atomic E-state index is 0.0428. The number of nitrogens with zero attached hydrogens (tertiary/aromatic N) is 4. The molecule has 4 rings (SSSR count). The summed E-state index contributed by atoms with van der Waals surface area (Å²) >= 11 is 1.36. The summed E-state index contributed by atoms with van der Waals surface area (Å²) < 4.78 is 1.72. The van der Waals surface area contributed by atoms with Crippen LogP contribution in [0, 0.1) is 6.92 Å². The molecule has 1 N–H and O–H groups in total. The Morgan fingerprint density at radius 2 is 1.85 bits per heavy atom. The van der Waals surface area contributed by atoms with Gasteiger partial charge in [-0.2, -0.15) is 4.52 Å². The van der Waals surface area contributed by atoms with Crippen LogP contribution in [0.15, 0.2) is 59.8 Å². The molecule has 130 valence electrons. The molecule has 0 saturated heterocycles. The highest BCUT2D eigenvalue weighted by molar-refractivity contribution is 7.99. The van der Waals surface area contributed by atoms with E-state index in [0.717, 1.165) is 22.1 Å². The number of benzene rings is 2. The van der Waals surface area contributed by atoms with E-state index in [1.165, 1.54) is 11.8 Å². The third kappa shape index (κ3) is 3.39. The number of carbonyl (C=O) groups excluding carboxylic acids is 1. The molecule has 7 heteroatoms. The monoisotopic (exact) mass is 363 g/mol. The van der Waals surface area contributed by atoms with Crippen LogP contribution in [0.2, 0.25) is 0 Å². The summed E-state index contributed by atoms with van der Waals surface area (Å²) in [6.45, 7) is 2.37. The minimum Gasteiger partial charge on any atom is -0.351 e. The average Bonchev–Trinajstić information content (AvgIpc) is 3.07. The van der Waals surface area contributed by atoms with Gasteiger partial charge < -0.3 is 5.32 Å². The summed E-state index contributed by atoms with van der Waals surface area (Å²) in [5.41, 5.74) is 2.68. The molecule has 6 nitrogen and oxygen atoms in total. The largest absolute Gasteiger partial charge is 0.351 e. The van der Waals surface area contributed by atoms with Gasteiger partial charge in [-0.15, -0.1) is 5.10 Å². The summed E-state index contributed by atoms with van der Waals surface area (Å²) in [5.74, 6) is 0.906. The molecule has 0 fully saturated rings. The molecule has 0 spiro atoms. The normalized spacial score (nSPS) is 11.1. The van der Waals surface area contributed by atoms with Crippen molar-refractivity contribution >= 4 is 34.2 Å². The van der Waals surface area contributed by atoms with Gasteiger partial charge in [-0.3, -0.25) is 4.79 Å². The Labute approximate surface area is 154 Å². The van der Waals surface area contributed by atoms with Crippen LogP contribution >= 0.6 is 11.8 Å². The number of aryl methyl sites for hydroxylation is 1. The van der Waals surface area contributed by atoms with Crippen molar-refractivity contribution in [3.63, 3.8) is 0 Å². The van der Waals surface area contributed by atoms with Crippen LogP contribution in [0.3, 0.4) is 0 Å². The Hall–Kier alpha value is -2.93. The van der Waals surface area contributed by atoms with Crippen molar-refractivity contribution in [2.45, 2.75) is 18.6 Å². The first kappa shape index (κ1) is 16.5. The molecule has 0 saturated carbocycles. The average molecular weight is 363 g/mol. The second-order valence-electron chi connectivity index (χ2n) is 5.86. The molecular formula is C19H17N5OS. The van der Waals surface area contributed by atoms with E-state index in [2.05, 4.69) is 20.4 Å². The van der Waals surface area contributed by atoms with Gasteiger partial charge in [-0.05, 0) is 24.6 Å². The maximum Gasteiger partial charge on any atom is 0.230 e. The van der Waals surface area contributed by atoms with Gasteiger partial charge in [0.25, 0.3) is 0 Å². The lowest BCUT2D eigenvalue weighted by Crippen LogP contribution is -2.24. The van der Waals surface area contributed by atoms with Crippen molar-refractivity contribution in [1.82, 2.24) is 24.9 Å². The summed E-state index contributed by atoms with van der Waals surface area (Å²) in [5, 5.41) is 8.96. The fraction of sp³-hybridized carbons (Fsp3) is 0.158. The molecular weight excluding hydrogens is 346 g/mol. The highest BCUT2D eigenvalue weighted by Crippen LogP contribution is 2.23. The highest BCUT2D eigenvalue weighted by Gasteiger charge is 2.13. The lowest BCUT2D eigenvalue weighted by atomic mass is 10.2. The van der Waals surface area contributed by atoms with Crippen molar-refractivity contribution in [2.24, 2.45) is 0 Å². The summed E-state index contributed by atoms with van der Waals surface area (Å²) in [6, 6.07) is 17.7. The number of fused-ring (bicyclic) bond motifs is 3. The zero-order chi connectivity index (χ0) is 17.9. The third-order valence-corrected chi connectivity index (χ3v) is 4.85. The Morgan fingerprint density at radius 3 is 2.69 bits per heavy atom. The van der Waals surface area contributed by atoms with Gasteiger partial charge in [0.1, 0.15) is 5.82 Å². The molecule has 0 radical (unpaired) electrons. The van der Waals surface area contributed by atoms with E-state index in [-0.39, 0.29) is 11.7 Å². The number of thioether (sulfide) groups is 1. The van der Waals surface area contributed by atoms with E-state index in [4.69, 9.17) is 0 Å². The SMILES string of the molecule is Cc1nc2c3ccccc3nc(SCC(=O)NCc3ccccc3)n2n1. The maximum atomic E-state index is 12.2. The first-order valence-corrected chi connectivity index (χ1v) is 9.25. The summed E-state index contributed by atoms with van der Waals surface area (Å²) in [6.07, 6.45) is 0. The number of hydrogen-bond donors (Lipinski definition) is 1. The second kappa shape index (κ2) is 7.13. The van der Waals surface area contributed by atoms with Crippen molar-refractivity contribution in [3.8, 4) is 0 Å². The molecule has 2 heterocycles. The smallest absolute Gasteiger partial charge is 0.230 e. The number of aromatic nitrogens is 4. The zero-order valence-corrected chi connectivity index (χ0v) is 15.0. The van der Waals surface area contributed by atoms with E-state index in [1.807, 2.05) is 61.5 Å². The molecule has 2 aromatic carbocycles. The van der Waals surface area contributed by atoms with Crippen molar-refractivity contribution in [2.75, 3.05) is 5.75 Å². The van der Waals surface area contributed by atoms with Gasteiger partial charge in [0.15, 0.2) is 10.8 Å². The zero-order valence-electron chi connectivity index (χ0n) is 14.2. The predicted octanol–water partition coefficient (Wildman–Crippen LogP) is 2.99. The Kier molecular flexibility index (Phi) is 4.53. The van der Waals surface area contributed by atoms with Crippen LogP contribution in [0.25, 0.3) is 16.6 Å². The van der Waals surface area contributed by atoms with Crippen LogP contribution < -0.4 is 5.32 Å². The molecule has 1 amide bonds. The Bertz CT molecular complexity index is 1080. The topological polar surface area (TPSA) is 72.2 Å². The van der Waals surface area contributed by atoms with E-state index < -0.39 is 0 Å². The Balaban J connectivity index is 1.52. The van der Waals surface area contributed by atoms with Crippen molar-refractivity contribution in [1.29, 1.82) is 0 Å². The molecule has 0 bridgehead atoms. The van der Waals surface area contributed by atoms with Gasteiger partial charge in [0, 0.05) is 11.9 Å². The van der Waals surface area contributed by atoms with Crippen molar-refractivity contribution < 1.29 is 4.79 Å². The number of amides is 1. The molecule has 0 aliphatic carbocycles. The summed E-state index contributed by atoms with van der Waals surface area (Å²) in [4.78, 5) is 21.3. The lowest BCUT2D eigenvalue weighted by Gasteiger charge is -2.07. The Morgan fingerprint density at radius 1 is 1.08 bits per heavy atom. The first-order valence-electron chi connectivity index (χ1n) is 8.26. The molecule has 0 unspecified atom stereocenters. The maximum absolute atomic E-state index is 12.2. The van der Waals surface area contributed by atoms with Gasteiger partial charge in [0.05, 0.1) is 11.3 Å². The highest BCUT2D eigenvalue weighted by atomic mass is 32.2. The van der Waals surface area contributed by atoms with E-state index in [9.17, 15) is 4.79 Å². The fourth-order valence-electron chi connectivity index (χ4n) is 2.70. The molecule has 4 aromatic rings. The fourth-order valence-corrected chi connectivity index (χ4v) is 3.48. The second-order valence-corrected chi connectivity index (χ2v) is 6.80. The lowest BCUT2D eigenvalue weighted by molar-refractivity contribution is -0.118. The van der Waals surface area contributed by atoms with E-state index in [0.29, 0.717) is 17.5 Å². The summed E-state index contributed by atoms with van der Waals surface area (Å²) in [7, 11) is 0. The molecule has 2 aromatic heterocycles. The molecule has 0 aliphatic heterocycles. The van der Waals surface area contributed by atoms with Crippen LogP contribution in [-0.4, -0.2) is 31.2 Å². The number of rotatable bonds is 5.